The van der Waals surface area contributed by atoms with Crippen molar-refractivity contribution in [2.75, 3.05) is 19.8 Å². The molecule has 0 N–H and O–H groups in total. The maximum Gasteiger partial charge on any atom is 0.123 e. The van der Waals surface area contributed by atoms with Gasteiger partial charge in [-0.15, -0.1) is 0 Å². The van der Waals surface area contributed by atoms with Crippen LogP contribution >= 0.6 is 15.9 Å². The first-order valence-electron chi connectivity index (χ1n) is 6.49. The molecule has 0 aliphatic heterocycles. The van der Waals surface area contributed by atoms with Crippen LogP contribution in [-0.2, 0) is 10.1 Å². The van der Waals surface area contributed by atoms with E-state index in [1.165, 1.54) is 11.1 Å². The van der Waals surface area contributed by atoms with Crippen molar-refractivity contribution in [3.8, 4) is 5.75 Å². The first-order chi connectivity index (χ1) is 8.63. The summed E-state index contributed by atoms with van der Waals surface area (Å²) < 4.78 is 11.3. The van der Waals surface area contributed by atoms with E-state index < -0.39 is 0 Å². The molecule has 3 heteroatoms. The minimum absolute atomic E-state index is 0.612. The van der Waals surface area contributed by atoms with Crippen molar-refractivity contribution < 1.29 is 9.47 Å². The highest BCUT2D eigenvalue weighted by Crippen LogP contribution is 2.22. The number of ether oxygens (including phenoxy) is 2. The fraction of sp³-hybridized carbons (Fsp3) is 0.600. The SMILES string of the molecule is Cc1ccc(OCCOCCC(C)C)c(CBr)c1. The quantitative estimate of drug-likeness (QED) is 0.525. The lowest BCUT2D eigenvalue weighted by atomic mass is 10.1. The Morgan fingerprint density at radius 1 is 1.17 bits per heavy atom. The van der Waals surface area contributed by atoms with Gasteiger partial charge in [-0.05, 0) is 25.3 Å². The summed E-state index contributed by atoms with van der Waals surface area (Å²) in [4.78, 5) is 0. The number of hydrogen-bond donors (Lipinski definition) is 0. The Bertz CT molecular complexity index is 350. The summed E-state index contributed by atoms with van der Waals surface area (Å²) in [5.74, 6) is 1.65. The maximum atomic E-state index is 5.74. The molecule has 2 nitrogen and oxygen atoms in total. The molecule has 0 saturated carbocycles. The molecule has 0 spiro atoms. The van der Waals surface area contributed by atoms with E-state index in [1.54, 1.807) is 0 Å². The smallest absolute Gasteiger partial charge is 0.123 e. The van der Waals surface area contributed by atoms with Gasteiger partial charge in [-0.25, -0.2) is 0 Å². The third kappa shape index (κ3) is 5.87. The molecule has 0 amide bonds. The van der Waals surface area contributed by atoms with Crippen LogP contribution in [0.5, 0.6) is 5.75 Å². The van der Waals surface area contributed by atoms with Crippen LogP contribution in [0.25, 0.3) is 0 Å². The molecular formula is C15H23BrO2. The Morgan fingerprint density at radius 3 is 2.61 bits per heavy atom. The second-order valence-electron chi connectivity index (χ2n) is 4.89. The van der Waals surface area contributed by atoms with Crippen LogP contribution in [0.15, 0.2) is 18.2 Å². The molecule has 102 valence electrons. The third-order valence-corrected chi connectivity index (χ3v) is 3.29. The number of rotatable bonds is 8. The zero-order valence-electron chi connectivity index (χ0n) is 11.5. The van der Waals surface area contributed by atoms with Gasteiger partial charge in [0, 0.05) is 17.5 Å². The number of alkyl halides is 1. The van der Waals surface area contributed by atoms with Gasteiger partial charge in [-0.3, -0.25) is 0 Å². The lowest BCUT2D eigenvalue weighted by Crippen LogP contribution is -2.09. The van der Waals surface area contributed by atoms with Gasteiger partial charge in [0.1, 0.15) is 12.4 Å². The molecule has 0 heterocycles. The van der Waals surface area contributed by atoms with E-state index >= 15 is 0 Å². The van der Waals surface area contributed by atoms with Crippen LogP contribution in [0.4, 0.5) is 0 Å². The van der Waals surface area contributed by atoms with Crippen molar-refractivity contribution in [1.29, 1.82) is 0 Å². The van der Waals surface area contributed by atoms with Crippen LogP contribution in [0.1, 0.15) is 31.4 Å². The average molecular weight is 315 g/mol. The van der Waals surface area contributed by atoms with Crippen molar-refractivity contribution in [3.05, 3.63) is 29.3 Å². The summed E-state index contributed by atoms with van der Waals surface area (Å²) in [5.41, 5.74) is 2.45. The van der Waals surface area contributed by atoms with Gasteiger partial charge in [-0.1, -0.05) is 47.5 Å². The van der Waals surface area contributed by atoms with Crippen molar-refractivity contribution in [2.45, 2.75) is 32.5 Å². The van der Waals surface area contributed by atoms with E-state index in [0.717, 1.165) is 24.1 Å². The number of halogens is 1. The molecule has 0 radical (unpaired) electrons. The molecule has 0 aliphatic rings. The number of aryl methyl sites for hydroxylation is 1. The second kappa shape index (κ2) is 8.54. The van der Waals surface area contributed by atoms with E-state index in [9.17, 15) is 0 Å². The van der Waals surface area contributed by atoms with Gasteiger partial charge >= 0.3 is 0 Å². The van der Waals surface area contributed by atoms with Gasteiger partial charge in [-0.2, -0.15) is 0 Å². The largest absolute Gasteiger partial charge is 0.491 e. The van der Waals surface area contributed by atoms with E-state index in [-0.39, 0.29) is 0 Å². The molecule has 0 aromatic heterocycles. The minimum atomic E-state index is 0.612. The molecule has 1 aromatic rings. The van der Waals surface area contributed by atoms with Crippen LogP contribution in [0, 0.1) is 12.8 Å². The van der Waals surface area contributed by atoms with E-state index in [1.807, 2.05) is 6.07 Å². The minimum Gasteiger partial charge on any atom is -0.491 e. The summed E-state index contributed by atoms with van der Waals surface area (Å²) in [6, 6.07) is 6.24. The lowest BCUT2D eigenvalue weighted by molar-refractivity contribution is 0.0923. The molecule has 0 bridgehead atoms. The summed E-state index contributed by atoms with van der Waals surface area (Å²) in [6.07, 6.45) is 1.11. The van der Waals surface area contributed by atoms with Crippen molar-refractivity contribution in [2.24, 2.45) is 5.92 Å². The summed E-state index contributed by atoms with van der Waals surface area (Å²) in [5, 5.41) is 0.818. The van der Waals surface area contributed by atoms with Gasteiger partial charge in [0.25, 0.3) is 0 Å². The fourth-order valence-electron chi connectivity index (χ4n) is 1.59. The molecule has 0 fully saturated rings. The van der Waals surface area contributed by atoms with Crippen LogP contribution in [0.2, 0.25) is 0 Å². The molecule has 0 atom stereocenters. The lowest BCUT2D eigenvalue weighted by Gasteiger charge is -2.11. The second-order valence-corrected chi connectivity index (χ2v) is 5.45. The highest BCUT2D eigenvalue weighted by Gasteiger charge is 2.02. The predicted molar refractivity (Wildman–Crippen MR) is 79.6 cm³/mol. The first kappa shape index (κ1) is 15.5. The molecular weight excluding hydrogens is 292 g/mol. The Kier molecular flexibility index (Phi) is 7.36. The maximum absolute atomic E-state index is 5.74. The topological polar surface area (TPSA) is 18.5 Å². The van der Waals surface area contributed by atoms with Crippen molar-refractivity contribution >= 4 is 15.9 Å². The molecule has 18 heavy (non-hydrogen) atoms. The molecule has 1 aromatic carbocycles. The van der Waals surface area contributed by atoms with E-state index in [2.05, 4.69) is 48.8 Å². The first-order valence-corrected chi connectivity index (χ1v) is 7.61. The Balaban J connectivity index is 2.27. The molecule has 0 aliphatic carbocycles. The van der Waals surface area contributed by atoms with Crippen LogP contribution in [0.3, 0.4) is 0 Å². The van der Waals surface area contributed by atoms with Gasteiger partial charge in [0.15, 0.2) is 0 Å². The predicted octanol–water partition coefficient (Wildman–Crippen LogP) is 4.33. The monoisotopic (exact) mass is 314 g/mol. The number of hydrogen-bond acceptors (Lipinski definition) is 2. The molecule has 1 rings (SSSR count). The highest BCUT2D eigenvalue weighted by molar-refractivity contribution is 9.08. The summed E-state index contributed by atoms with van der Waals surface area (Å²) in [6.45, 7) is 8.58. The van der Waals surface area contributed by atoms with E-state index in [4.69, 9.17) is 9.47 Å². The van der Waals surface area contributed by atoms with Crippen LogP contribution < -0.4 is 4.74 Å². The van der Waals surface area contributed by atoms with Crippen LogP contribution in [-0.4, -0.2) is 19.8 Å². The van der Waals surface area contributed by atoms with Gasteiger partial charge < -0.3 is 9.47 Å². The standard InChI is InChI=1S/C15H23BrO2/c1-12(2)6-7-17-8-9-18-15-5-4-13(3)10-14(15)11-16/h4-5,10,12H,6-9,11H2,1-3H3. The Labute approximate surface area is 119 Å². The van der Waals surface area contributed by atoms with Gasteiger partial charge in [0.2, 0.25) is 0 Å². The van der Waals surface area contributed by atoms with Crippen molar-refractivity contribution in [3.63, 3.8) is 0 Å². The normalized spacial score (nSPS) is 10.9. The number of benzene rings is 1. The fourth-order valence-corrected chi connectivity index (χ4v) is 2.02. The van der Waals surface area contributed by atoms with E-state index in [0.29, 0.717) is 19.1 Å². The Morgan fingerprint density at radius 2 is 1.94 bits per heavy atom. The third-order valence-electron chi connectivity index (χ3n) is 2.68. The average Bonchev–Trinajstić information content (AvgIpc) is 2.34. The Hall–Kier alpha value is -0.540. The van der Waals surface area contributed by atoms with Crippen molar-refractivity contribution in [1.82, 2.24) is 0 Å². The summed E-state index contributed by atoms with van der Waals surface area (Å²) >= 11 is 3.48. The zero-order chi connectivity index (χ0) is 13.4. The summed E-state index contributed by atoms with van der Waals surface area (Å²) in [7, 11) is 0. The highest BCUT2D eigenvalue weighted by atomic mass is 79.9. The molecule has 0 saturated heterocycles. The van der Waals surface area contributed by atoms with Gasteiger partial charge in [0.05, 0.1) is 6.61 Å². The molecule has 0 unspecified atom stereocenters. The zero-order valence-corrected chi connectivity index (χ0v) is 13.1.